The van der Waals surface area contributed by atoms with Gasteiger partial charge in [-0.05, 0) is 48.2 Å². The first-order chi connectivity index (χ1) is 15.1. The van der Waals surface area contributed by atoms with Crippen LogP contribution in [-0.4, -0.2) is 21.2 Å². The Hall–Kier alpha value is -2.97. The number of amides is 1. The fourth-order valence-corrected chi connectivity index (χ4v) is 4.98. The molecule has 158 valence electrons. The Morgan fingerprint density at radius 1 is 1.16 bits per heavy atom. The first-order valence-corrected chi connectivity index (χ1v) is 11.6. The Kier molecular flexibility index (Phi) is 6.48. The van der Waals surface area contributed by atoms with Crippen molar-refractivity contribution in [1.82, 2.24) is 14.9 Å². The van der Waals surface area contributed by atoms with Crippen LogP contribution in [0.4, 0.5) is 4.39 Å². The number of hydrogen-bond acceptors (Lipinski definition) is 5. The number of rotatable bonds is 7. The van der Waals surface area contributed by atoms with Gasteiger partial charge in [0, 0.05) is 11.4 Å². The molecule has 1 amide bonds. The SMILES string of the molecule is CCn1c(SCC(=O)NC(c2ccc(F)cc2)c2cccs2)nc2ccccc2c1=O. The van der Waals surface area contributed by atoms with Gasteiger partial charge in [0.1, 0.15) is 5.82 Å². The molecule has 0 bridgehead atoms. The molecule has 5 nitrogen and oxygen atoms in total. The van der Waals surface area contributed by atoms with Gasteiger partial charge in [-0.25, -0.2) is 9.37 Å². The molecule has 31 heavy (non-hydrogen) atoms. The minimum atomic E-state index is -0.369. The smallest absolute Gasteiger partial charge is 0.262 e. The van der Waals surface area contributed by atoms with Gasteiger partial charge in [-0.1, -0.05) is 42.1 Å². The highest BCUT2D eigenvalue weighted by atomic mass is 32.2. The molecule has 2 heterocycles. The van der Waals surface area contributed by atoms with Crippen molar-refractivity contribution in [3.8, 4) is 0 Å². The van der Waals surface area contributed by atoms with Crippen molar-refractivity contribution in [3.63, 3.8) is 0 Å². The summed E-state index contributed by atoms with van der Waals surface area (Å²) in [4.78, 5) is 31.1. The molecular formula is C23H20FN3O2S2. The van der Waals surface area contributed by atoms with E-state index in [1.54, 1.807) is 28.8 Å². The highest BCUT2D eigenvalue weighted by Crippen LogP contribution is 2.27. The van der Waals surface area contributed by atoms with Crippen LogP contribution in [-0.2, 0) is 11.3 Å². The average Bonchev–Trinajstić information content (AvgIpc) is 3.31. The quantitative estimate of drug-likeness (QED) is 0.328. The summed E-state index contributed by atoms with van der Waals surface area (Å²) in [6, 6.07) is 16.8. The molecule has 0 saturated carbocycles. The second-order valence-corrected chi connectivity index (χ2v) is 8.74. The Bertz CT molecular complexity index is 1250. The van der Waals surface area contributed by atoms with Gasteiger partial charge in [-0.2, -0.15) is 0 Å². The van der Waals surface area contributed by atoms with Gasteiger partial charge in [0.15, 0.2) is 5.16 Å². The maximum atomic E-state index is 13.4. The number of thioether (sulfide) groups is 1. The van der Waals surface area contributed by atoms with E-state index < -0.39 is 0 Å². The van der Waals surface area contributed by atoms with Crippen molar-refractivity contribution in [1.29, 1.82) is 0 Å². The van der Waals surface area contributed by atoms with E-state index in [0.29, 0.717) is 22.6 Å². The molecule has 4 rings (SSSR count). The van der Waals surface area contributed by atoms with Crippen LogP contribution in [0.3, 0.4) is 0 Å². The topological polar surface area (TPSA) is 64.0 Å². The molecule has 0 aliphatic heterocycles. The molecule has 2 aromatic heterocycles. The van der Waals surface area contributed by atoms with E-state index >= 15 is 0 Å². The normalized spacial score (nSPS) is 12.1. The zero-order valence-electron chi connectivity index (χ0n) is 16.7. The van der Waals surface area contributed by atoms with Crippen LogP contribution in [0.1, 0.15) is 23.4 Å². The van der Waals surface area contributed by atoms with Gasteiger partial charge >= 0.3 is 0 Å². The van der Waals surface area contributed by atoms with E-state index in [0.717, 1.165) is 10.4 Å². The lowest BCUT2D eigenvalue weighted by atomic mass is 10.1. The number of hydrogen-bond donors (Lipinski definition) is 1. The van der Waals surface area contributed by atoms with Gasteiger partial charge in [-0.3, -0.25) is 14.2 Å². The van der Waals surface area contributed by atoms with Crippen molar-refractivity contribution in [3.05, 3.63) is 92.7 Å². The maximum Gasteiger partial charge on any atom is 0.262 e. The van der Waals surface area contributed by atoms with Gasteiger partial charge in [-0.15, -0.1) is 11.3 Å². The molecule has 4 aromatic rings. The molecular weight excluding hydrogens is 433 g/mol. The Labute approximate surface area is 187 Å². The molecule has 1 N–H and O–H groups in total. The molecule has 0 aliphatic rings. The number of aromatic nitrogens is 2. The molecule has 8 heteroatoms. The summed E-state index contributed by atoms with van der Waals surface area (Å²) < 4.78 is 14.9. The lowest BCUT2D eigenvalue weighted by molar-refractivity contribution is -0.119. The molecule has 0 saturated heterocycles. The third-order valence-corrected chi connectivity index (χ3v) is 6.73. The maximum absolute atomic E-state index is 13.4. The standard InChI is InChI=1S/C23H20FN3O2S2/c1-2-27-22(29)17-6-3-4-7-18(17)25-23(27)31-14-20(28)26-21(19-8-5-13-30-19)15-9-11-16(24)12-10-15/h3-13,21H,2,14H2,1H3,(H,26,28). The number of carbonyl (C=O) groups is 1. The zero-order valence-corrected chi connectivity index (χ0v) is 18.4. The number of nitrogens with one attached hydrogen (secondary N) is 1. The van der Waals surface area contributed by atoms with Crippen molar-refractivity contribution in [2.45, 2.75) is 24.7 Å². The molecule has 0 fully saturated rings. The minimum Gasteiger partial charge on any atom is -0.344 e. The van der Waals surface area contributed by atoms with Crippen molar-refractivity contribution >= 4 is 39.9 Å². The van der Waals surface area contributed by atoms with Crippen molar-refractivity contribution < 1.29 is 9.18 Å². The summed E-state index contributed by atoms with van der Waals surface area (Å²) in [5.74, 6) is -0.415. The van der Waals surface area contributed by atoms with E-state index in [4.69, 9.17) is 0 Å². The fraction of sp³-hybridized carbons (Fsp3) is 0.174. The summed E-state index contributed by atoms with van der Waals surface area (Å²) in [6.07, 6.45) is 0. The first-order valence-electron chi connectivity index (χ1n) is 9.77. The predicted octanol–water partition coefficient (Wildman–Crippen LogP) is 4.61. The van der Waals surface area contributed by atoms with Crippen LogP contribution >= 0.6 is 23.1 Å². The third-order valence-electron chi connectivity index (χ3n) is 4.81. The summed E-state index contributed by atoms with van der Waals surface area (Å²) in [6.45, 7) is 2.34. The lowest BCUT2D eigenvalue weighted by Gasteiger charge is -2.18. The number of halogens is 1. The van der Waals surface area contributed by atoms with E-state index in [1.807, 2.05) is 36.6 Å². The molecule has 0 aliphatic carbocycles. The van der Waals surface area contributed by atoms with Crippen LogP contribution in [0.5, 0.6) is 0 Å². The lowest BCUT2D eigenvalue weighted by Crippen LogP contribution is -2.30. The summed E-state index contributed by atoms with van der Waals surface area (Å²) in [7, 11) is 0. The molecule has 1 unspecified atom stereocenters. The van der Waals surface area contributed by atoms with Crippen LogP contribution < -0.4 is 10.9 Å². The van der Waals surface area contributed by atoms with Crippen LogP contribution in [0.25, 0.3) is 10.9 Å². The second kappa shape index (κ2) is 9.45. The Morgan fingerprint density at radius 3 is 2.65 bits per heavy atom. The van der Waals surface area contributed by atoms with E-state index in [9.17, 15) is 14.0 Å². The highest BCUT2D eigenvalue weighted by Gasteiger charge is 2.19. The van der Waals surface area contributed by atoms with Gasteiger partial charge < -0.3 is 5.32 Å². The van der Waals surface area contributed by atoms with E-state index in [-0.39, 0.29) is 29.1 Å². The number of benzene rings is 2. The number of carbonyl (C=O) groups excluding carboxylic acids is 1. The number of nitrogens with zero attached hydrogens (tertiary/aromatic N) is 2. The minimum absolute atomic E-state index is 0.105. The van der Waals surface area contributed by atoms with Gasteiger partial charge in [0.25, 0.3) is 5.56 Å². The Balaban J connectivity index is 1.54. The predicted molar refractivity (Wildman–Crippen MR) is 123 cm³/mol. The fourth-order valence-electron chi connectivity index (χ4n) is 3.30. The van der Waals surface area contributed by atoms with Crippen molar-refractivity contribution in [2.24, 2.45) is 0 Å². The van der Waals surface area contributed by atoms with Crippen LogP contribution in [0.15, 0.2) is 76.0 Å². The second-order valence-electron chi connectivity index (χ2n) is 6.82. The van der Waals surface area contributed by atoms with Gasteiger partial charge in [0.05, 0.1) is 22.7 Å². The molecule has 2 aromatic carbocycles. The van der Waals surface area contributed by atoms with E-state index in [2.05, 4.69) is 10.3 Å². The first kappa shape index (κ1) is 21.3. The van der Waals surface area contributed by atoms with Crippen LogP contribution in [0, 0.1) is 5.82 Å². The third kappa shape index (κ3) is 4.70. The highest BCUT2D eigenvalue weighted by molar-refractivity contribution is 7.99. The molecule has 0 spiro atoms. The average molecular weight is 454 g/mol. The Morgan fingerprint density at radius 2 is 1.94 bits per heavy atom. The zero-order chi connectivity index (χ0) is 21.8. The number of thiophene rings is 1. The monoisotopic (exact) mass is 453 g/mol. The summed E-state index contributed by atoms with van der Waals surface area (Å²) >= 11 is 2.75. The number of para-hydroxylation sites is 1. The number of fused-ring (bicyclic) bond motifs is 1. The summed E-state index contributed by atoms with van der Waals surface area (Å²) in [5.41, 5.74) is 1.30. The summed E-state index contributed by atoms with van der Waals surface area (Å²) in [5, 5.41) is 6.04. The molecule has 0 radical (unpaired) electrons. The molecule has 1 atom stereocenters. The van der Waals surface area contributed by atoms with Crippen LogP contribution in [0.2, 0.25) is 0 Å². The van der Waals surface area contributed by atoms with E-state index in [1.165, 1.54) is 35.2 Å². The van der Waals surface area contributed by atoms with Crippen molar-refractivity contribution in [2.75, 3.05) is 5.75 Å². The van der Waals surface area contributed by atoms with Gasteiger partial charge in [0.2, 0.25) is 5.91 Å². The largest absolute Gasteiger partial charge is 0.344 e.